The van der Waals surface area contributed by atoms with E-state index in [-0.39, 0.29) is 17.9 Å². The minimum atomic E-state index is -3.03. The summed E-state index contributed by atoms with van der Waals surface area (Å²) in [6, 6.07) is 9.51. The first-order chi connectivity index (χ1) is 15.9. The number of benzene rings is 2. The molecule has 0 bridgehead atoms. The highest BCUT2D eigenvalue weighted by molar-refractivity contribution is 5.93. The molecule has 0 saturated heterocycles. The first kappa shape index (κ1) is 20.5. The molecule has 5 aromatic rings. The van der Waals surface area contributed by atoms with E-state index in [1.54, 1.807) is 24.4 Å². The van der Waals surface area contributed by atoms with Gasteiger partial charge in [0, 0.05) is 22.7 Å². The molecule has 0 aliphatic heterocycles. The largest absolute Gasteiger partial charge is 0.415 e. The second-order valence-corrected chi connectivity index (χ2v) is 6.92. The summed E-state index contributed by atoms with van der Waals surface area (Å²) in [5, 5.41) is 20.1. The van der Waals surface area contributed by atoms with Crippen molar-refractivity contribution in [3.05, 3.63) is 65.7 Å². The molecule has 0 aliphatic carbocycles. The number of alkyl halides is 2. The molecule has 166 valence electrons. The monoisotopic (exact) mass is 456 g/mol. The second-order valence-electron chi connectivity index (χ2n) is 6.92. The topological polar surface area (TPSA) is 121 Å². The predicted octanol–water partition coefficient (Wildman–Crippen LogP) is 3.78. The van der Waals surface area contributed by atoms with Crippen LogP contribution in [0.25, 0.3) is 33.6 Å². The van der Waals surface area contributed by atoms with Crippen LogP contribution in [0.5, 0.6) is 0 Å². The van der Waals surface area contributed by atoms with Gasteiger partial charge in [0.2, 0.25) is 5.82 Å². The van der Waals surface area contributed by atoms with Gasteiger partial charge in [0.25, 0.3) is 11.8 Å². The molecule has 2 N–H and O–H groups in total. The Labute approximate surface area is 181 Å². The Hall–Kier alpha value is -4.42. The third-order valence-electron chi connectivity index (χ3n) is 4.84. The molecule has 0 radical (unpaired) electrons. The van der Waals surface area contributed by atoms with Crippen LogP contribution in [0.15, 0.2) is 47.0 Å². The summed E-state index contributed by atoms with van der Waals surface area (Å²) >= 11 is 0. The molecule has 2 aromatic carbocycles. The number of tetrazole rings is 1. The van der Waals surface area contributed by atoms with Gasteiger partial charge in [-0.25, -0.2) is 13.8 Å². The maximum Gasteiger partial charge on any atom is 0.314 e. The number of hydrogen-bond donors (Lipinski definition) is 1. The molecule has 3 aromatic heterocycles. The molecular formula is C20H12F4N8O. The van der Waals surface area contributed by atoms with Crippen molar-refractivity contribution in [2.24, 2.45) is 0 Å². The average Bonchev–Trinajstić information content (AvgIpc) is 3.47. The van der Waals surface area contributed by atoms with E-state index in [9.17, 15) is 17.6 Å². The van der Waals surface area contributed by atoms with E-state index >= 15 is 0 Å². The molecule has 5 rings (SSSR count). The Balaban J connectivity index is 1.41. The average molecular weight is 456 g/mol. The van der Waals surface area contributed by atoms with Crippen molar-refractivity contribution in [2.45, 2.75) is 13.0 Å². The highest BCUT2D eigenvalue weighted by Gasteiger charge is 2.22. The van der Waals surface area contributed by atoms with Gasteiger partial charge >= 0.3 is 6.43 Å². The summed E-state index contributed by atoms with van der Waals surface area (Å²) in [5.74, 6) is -3.42. The van der Waals surface area contributed by atoms with Crippen LogP contribution in [0.2, 0.25) is 0 Å². The molecule has 0 saturated carbocycles. The lowest BCUT2D eigenvalue weighted by Gasteiger charge is -2.05. The van der Waals surface area contributed by atoms with E-state index in [2.05, 4.69) is 35.0 Å². The van der Waals surface area contributed by atoms with Crippen molar-refractivity contribution >= 4 is 16.6 Å². The zero-order chi connectivity index (χ0) is 23.1. The molecular weight excluding hydrogens is 444 g/mol. The third kappa shape index (κ3) is 3.73. The highest BCUT2D eigenvalue weighted by atomic mass is 19.3. The SMILES string of the molecule is Nc1nccc2cc(-c3nnn(Cc4ccc(-c5nnc(C(F)F)o5)c(F)c4F)n3)ccc12. The smallest absolute Gasteiger partial charge is 0.314 e. The summed E-state index contributed by atoms with van der Waals surface area (Å²) in [7, 11) is 0. The van der Waals surface area contributed by atoms with Gasteiger partial charge in [-0.05, 0) is 34.9 Å². The van der Waals surface area contributed by atoms with Crippen molar-refractivity contribution in [1.29, 1.82) is 0 Å². The lowest BCUT2D eigenvalue weighted by Crippen LogP contribution is -2.07. The Morgan fingerprint density at radius 3 is 2.64 bits per heavy atom. The number of fused-ring (bicyclic) bond motifs is 1. The summed E-state index contributed by atoms with van der Waals surface area (Å²) < 4.78 is 59.1. The number of halogens is 4. The number of hydrogen-bond acceptors (Lipinski definition) is 8. The zero-order valence-corrected chi connectivity index (χ0v) is 16.5. The number of rotatable bonds is 5. The fourth-order valence-electron chi connectivity index (χ4n) is 3.23. The minimum Gasteiger partial charge on any atom is -0.415 e. The number of nitrogens with zero attached hydrogens (tertiary/aromatic N) is 7. The summed E-state index contributed by atoms with van der Waals surface area (Å²) in [6.07, 6.45) is -1.45. The van der Waals surface area contributed by atoms with Crippen LogP contribution in [-0.2, 0) is 6.54 Å². The van der Waals surface area contributed by atoms with Crippen molar-refractivity contribution < 1.29 is 22.0 Å². The number of pyridine rings is 1. The van der Waals surface area contributed by atoms with Gasteiger partial charge in [0.15, 0.2) is 11.6 Å². The van der Waals surface area contributed by atoms with Gasteiger partial charge in [-0.1, -0.05) is 12.1 Å². The lowest BCUT2D eigenvalue weighted by molar-refractivity contribution is 0.116. The van der Waals surface area contributed by atoms with E-state index in [0.29, 0.717) is 11.4 Å². The van der Waals surface area contributed by atoms with Gasteiger partial charge in [0.1, 0.15) is 5.82 Å². The van der Waals surface area contributed by atoms with E-state index < -0.39 is 35.4 Å². The Morgan fingerprint density at radius 2 is 1.85 bits per heavy atom. The number of aromatic nitrogens is 7. The molecule has 0 aliphatic rings. The van der Waals surface area contributed by atoms with Crippen molar-refractivity contribution in [3.8, 4) is 22.8 Å². The number of nitrogens with two attached hydrogens (primary N) is 1. The maximum absolute atomic E-state index is 14.6. The third-order valence-corrected chi connectivity index (χ3v) is 4.84. The van der Waals surface area contributed by atoms with Crippen LogP contribution in [0.1, 0.15) is 17.9 Å². The quantitative estimate of drug-likeness (QED) is 0.397. The normalized spacial score (nSPS) is 11.5. The standard InChI is InChI=1S/C20H12F4N8O/c21-14-11(2-4-13(15(14)22)19-28-29-20(33-19)16(23)24)8-32-30-18(27-31-32)10-1-3-12-9(7-10)5-6-26-17(12)25/h1-7,16H,8H2,(H2,25,26). The second kappa shape index (κ2) is 7.93. The molecule has 0 atom stereocenters. The highest BCUT2D eigenvalue weighted by Crippen LogP contribution is 2.28. The predicted molar refractivity (Wildman–Crippen MR) is 107 cm³/mol. The number of nitrogen functional groups attached to an aromatic ring is 1. The minimum absolute atomic E-state index is 0.0915. The molecule has 9 nitrogen and oxygen atoms in total. The lowest BCUT2D eigenvalue weighted by atomic mass is 10.1. The van der Waals surface area contributed by atoms with E-state index in [4.69, 9.17) is 5.73 Å². The molecule has 0 amide bonds. The van der Waals surface area contributed by atoms with Gasteiger partial charge in [-0.3, -0.25) is 0 Å². The van der Waals surface area contributed by atoms with E-state index in [0.717, 1.165) is 21.6 Å². The first-order valence-electron chi connectivity index (χ1n) is 9.42. The van der Waals surface area contributed by atoms with Crippen molar-refractivity contribution in [2.75, 3.05) is 5.73 Å². The molecule has 0 spiro atoms. The van der Waals surface area contributed by atoms with Crippen LogP contribution in [0, 0.1) is 11.6 Å². The van der Waals surface area contributed by atoms with Gasteiger partial charge in [-0.2, -0.15) is 13.6 Å². The number of anilines is 1. The Morgan fingerprint density at radius 1 is 1.00 bits per heavy atom. The molecule has 0 fully saturated rings. The van der Waals surface area contributed by atoms with Gasteiger partial charge < -0.3 is 10.2 Å². The summed E-state index contributed by atoms with van der Waals surface area (Å²) in [5.41, 5.74) is 5.97. The first-order valence-corrected chi connectivity index (χ1v) is 9.42. The van der Waals surface area contributed by atoms with Crippen LogP contribution in [0.4, 0.5) is 23.4 Å². The van der Waals surface area contributed by atoms with Crippen LogP contribution in [-0.4, -0.2) is 35.4 Å². The molecule has 33 heavy (non-hydrogen) atoms. The van der Waals surface area contributed by atoms with Gasteiger partial charge in [-0.15, -0.1) is 20.4 Å². The molecule has 3 heterocycles. The van der Waals surface area contributed by atoms with E-state index in [1.165, 1.54) is 6.07 Å². The van der Waals surface area contributed by atoms with E-state index in [1.807, 2.05) is 6.07 Å². The van der Waals surface area contributed by atoms with Crippen molar-refractivity contribution in [1.82, 2.24) is 35.4 Å². The Bertz CT molecular complexity index is 1480. The van der Waals surface area contributed by atoms with Crippen LogP contribution in [0.3, 0.4) is 0 Å². The van der Waals surface area contributed by atoms with Gasteiger partial charge in [0.05, 0.1) is 12.1 Å². The fourth-order valence-corrected chi connectivity index (χ4v) is 3.23. The maximum atomic E-state index is 14.6. The summed E-state index contributed by atoms with van der Waals surface area (Å²) in [4.78, 5) is 5.12. The zero-order valence-electron chi connectivity index (χ0n) is 16.5. The van der Waals surface area contributed by atoms with Crippen LogP contribution < -0.4 is 5.73 Å². The van der Waals surface area contributed by atoms with Crippen LogP contribution >= 0.6 is 0 Å². The fraction of sp³-hybridized carbons (Fsp3) is 0.100. The molecule has 13 heteroatoms. The Kier molecular flexibility index (Phi) is 4.92. The molecule has 0 unspecified atom stereocenters. The summed E-state index contributed by atoms with van der Waals surface area (Å²) in [6.45, 7) is -0.230. The van der Waals surface area contributed by atoms with Crippen molar-refractivity contribution in [3.63, 3.8) is 0 Å².